The molecule has 148 valence electrons. The summed E-state index contributed by atoms with van der Waals surface area (Å²) in [6.45, 7) is 0.308. The van der Waals surface area contributed by atoms with Gasteiger partial charge >= 0.3 is 5.97 Å². The van der Waals surface area contributed by atoms with Gasteiger partial charge in [-0.25, -0.2) is 9.78 Å². The van der Waals surface area contributed by atoms with Crippen molar-refractivity contribution in [1.82, 2.24) is 10.3 Å². The Hall–Kier alpha value is -2.68. The lowest BCUT2D eigenvalue weighted by Gasteiger charge is -2.15. The van der Waals surface area contributed by atoms with Crippen molar-refractivity contribution in [3.05, 3.63) is 57.7 Å². The highest BCUT2D eigenvalue weighted by Gasteiger charge is 2.23. The summed E-state index contributed by atoms with van der Waals surface area (Å²) >= 11 is 11.9. The molecular weight excluding hydrogens is 409 g/mol. The second-order valence-corrected chi connectivity index (χ2v) is 6.41. The molecule has 0 aliphatic carbocycles. The lowest BCUT2D eigenvalue weighted by atomic mass is 10.2. The number of carbonyl (C=O) groups is 3. The number of nitrogens with one attached hydrogen (secondary N) is 2. The molecule has 1 aromatic carbocycles. The molecule has 1 atom stereocenters. The topological polar surface area (TPSA) is 118 Å². The Bertz CT molecular complexity index is 877. The van der Waals surface area contributed by atoms with E-state index in [0.717, 1.165) is 0 Å². The van der Waals surface area contributed by atoms with E-state index in [0.29, 0.717) is 16.1 Å². The number of hydrogen-bond donors (Lipinski definition) is 3. The van der Waals surface area contributed by atoms with Crippen LogP contribution in [-0.2, 0) is 14.3 Å². The van der Waals surface area contributed by atoms with Gasteiger partial charge in [-0.05, 0) is 24.6 Å². The van der Waals surface area contributed by atoms with Crippen molar-refractivity contribution in [2.24, 2.45) is 0 Å². The molecule has 1 aromatic heterocycles. The molecule has 0 aliphatic rings. The molecule has 8 nitrogen and oxygen atoms in total. The number of aromatic nitrogens is 1. The third-order valence-corrected chi connectivity index (χ3v) is 4.46. The predicted molar refractivity (Wildman–Crippen MR) is 103 cm³/mol. The molecule has 0 fully saturated rings. The Kier molecular flexibility index (Phi) is 7.74. The maximum Gasteiger partial charge on any atom is 0.331 e. The zero-order chi connectivity index (χ0) is 20.7. The summed E-state index contributed by atoms with van der Waals surface area (Å²) in [6.07, 6.45) is 1.32. The molecule has 10 heteroatoms. The molecule has 2 amide bonds. The van der Waals surface area contributed by atoms with Crippen molar-refractivity contribution < 1.29 is 24.2 Å². The molecule has 0 saturated heterocycles. The van der Waals surface area contributed by atoms with E-state index in [-0.39, 0.29) is 10.8 Å². The number of aliphatic hydroxyl groups is 1. The van der Waals surface area contributed by atoms with Crippen LogP contribution in [0.15, 0.2) is 36.5 Å². The number of nitrogens with zero attached hydrogens (tertiary/aromatic N) is 1. The van der Waals surface area contributed by atoms with Gasteiger partial charge in [0.25, 0.3) is 11.8 Å². The van der Waals surface area contributed by atoms with Gasteiger partial charge in [0.2, 0.25) is 0 Å². The van der Waals surface area contributed by atoms with E-state index in [1.54, 1.807) is 37.3 Å². The van der Waals surface area contributed by atoms with Crippen LogP contribution in [0, 0.1) is 6.92 Å². The summed E-state index contributed by atoms with van der Waals surface area (Å²) < 4.78 is 4.84. The van der Waals surface area contributed by atoms with Crippen molar-refractivity contribution in [3.8, 4) is 0 Å². The molecule has 0 radical (unpaired) electrons. The van der Waals surface area contributed by atoms with Crippen molar-refractivity contribution >= 4 is 46.8 Å². The minimum absolute atomic E-state index is 0.0701. The van der Waals surface area contributed by atoms with Crippen LogP contribution in [0.2, 0.25) is 10.0 Å². The molecular formula is C18H17Cl2N3O5. The number of halogens is 2. The Morgan fingerprint density at radius 3 is 2.54 bits per heavy atom. The van der Waals surface area contributed by atoms with Gasteiger partial charge in [-0.2, -0.15) is 0 Å². The average molecular weight is 426 g/mol. The average Bonchev–Trinajstić information content (AvgIpc) is 2.71. The normalized spacial score (nSPS) is 11.4. The third kappa shape index (κ3) is 5.66. The molecule has 2 rings (SSSR count). The first-order valence-corrected chi connectivity index (χ1v) is 8.83. The fourth-order valence-corrected chi connectivity index (χ4v) is 2.45. The number of aliphatic hydroxyl groups excluding tert-OH is 1. The second-order valence-electron chi connectivity index (χ2n) is 5.62. The molecule has 3 N–H and O–H groups in total. The number of benzene rings is 1. The van der Waals surface area contributed by atoms with E-state index in [2.05, 4.69) is 15.6 Å². The van der Waals surface area contributed by atoms with Crippen molar-refractivity contribution in [3.63, 3.8) is 0 Å². The summed E-state index contributed by atoms with van der Waals surface area (Å²) in [5.74, 6) is -2.15. The van der Waals surface area contributed by atoms with Crippen molar-refractivity contribution in [1.29, 1.82) is 0 Å². The first kappa shape index (κ1) is 21.6. The number of rotatable bonds is 7. The van der Waals surface area contributed by atoms with Gasteiger partial charge in [0.15, 0.2) is 18.5 Å². The lowest BCUT2D eigenvalue weighted by molar-refractivity contribution is -0.150. The van der Waals surface area contributed by atoms with E-state index in [4.69, 9.17) is 27.9 Å². The summed E-state index contributed by atoms with van der Waals surface area (Å²) in [5.41, 5.74) is 0.847. The maximum atomic E-state index is 12.1. The number of carbonyl (C=O) groups excluding carboxylic acids is 3. The molecule has 2 aromatic rings. The van der Waals surface area contributed by atoms with E-state index in [1.807, 2.05) is 0 Å². The van der Waals surface area contributed by atoms with Crippen molar-refractivity contribution in [2.45, 2.75) is 13.0 Å². The van der Waals surface area contributed by atoms with E-state index >= 15 is 0 Å². The summed E-state index contributed by atoms with van der Waals surface area (Å²) in [4.78, 5) is 39.9. The number of hydrogen-bond acceptors (Lipinski definition) is 6. The third-order valence-electron chi connectivity index (χ3n) is 3.61. The van der Waals surface area contributed by atoms with Gasteiger partial charge in [-0.15, -0.1) is 0 Å². The number of anilines is 1. The number of esters is 1. The molecule has 0 saturated carbocycles. The Balaban J connectivity index is 1.90. The minimum atomic E-state index is -1.32. The Labute approximate surface area is 170 Å². The maximum absolute atomic E-state index is 12.1. The number of pyridine rings is 1. The summed E-state index contributed by atoms with van der Waals surface area (Å²) in [7, 11) is 0. The molecule has 0 aliphatic heterocycles. The largest absolute Gasteiger partial charge is 0.454 e. The van der Waals surface area contributed by atoms with Crippen LogP contribution in [0.5, 0.6) is 0 Å². The van der Waals surface area contributed by atoms with Crippen LogP contribution in [0.1, 0.15) is 15.9 Å². The van der Waals surface area contributed by atoms with Gasteiger partial charge < -0.3 is 20.5 Å². The van der Waals surface area contributed by atoms with E-state index in [1.165, 1.54) is 6.20 Å². The zero-order valence-corrected chi connectivity index (χ0v) is 16.3. The fraction of sp³-hybridized carbons (Fsp3) is 0.222. The fourth-order valence-electron chi connectivity index (χ4n) is 2.06. The first-order chi connectivity index (χ1) is 13.3. The van der Waals surface area contributed by atoms with Gasteiger partial charge in [0.1, 0.15) is 0 Å². The van der Waals surface area contributed by atoms with Gasteiger partial charge in [0, 0.05) is 11.8 Å². The zero-order valence-electron chi connectivity index (χ0n) is 14.7. The monoisotopic (exact) mass is 425 g/mol. The quantitative estimate of drug-likeness (QED) is 0.583. The molecule has 0 bridgehead atoms. The molecule has 1 unspecified atom stereocenters. The highest BCUT2D eigenvalue weighted by Crippen LogP contribution is 2.28. The van der Waals surface area contributed by atoms with Crippen LogP contribution in [0.25, 0.3) is 0 Å². The molecule has 28 heavy (non-hydrogen) atoms. The van der Waals surface area contributed by atoms with Crippen LogP contribution >= 0.6 is 23.2 Å². The van der Waals surface area contributed by atoms with Crippen LogP contribution < -0.4 is 10.6 Å². The van der Waals surface area contributed by atoms with Gasteiger partial charge in [0.05, 0.1) is 16.7 Å². The highest BCUT2D eigenvalue weighted by molar-refractivity contribution is 6.37. The van der Waals surface area contributed by atoms with Crippen LogP contribution in [0.4, 0.5) is 5.82 Å². The number of amides is 2. The first-order valence-electron chi connectivity index (χ1n) is 8.07. The van der Waals surface area contributed by atoms with Crippen LogP contribution in [0.3, 0.4) is 0 Å². The Morgan fingerprint density at radius 2 is 1.89 bits per heavy atom. The SMILES string of the molecule is Cc1c(Cl)cnc(NC(=O)COC(=O)C(CO)NC(=O)c2ccccc2)c1Cl. The highest BCUT2D eigenvalue weighted by atomic mass is 35.5. The smallest absolute Gasteiger partial charge is 0.331 e. The summed E-state index contributed by atoms with van der Waals surface area (Å²) in [6, 6.07) is 6.82. The van der Waals surface area contributed by atoms with Gasteiger partial charge in [-0.1, -0.05) is 41.4 Å². The predicted octanol–water partition coefficient (Wildman–Crippen LogP) is 1.97. The van der Waals surface area contributed by atoms with E-state index < -0.39 is 37.0 Å². The van der Waals surface area contributed by atoms with Crippen molar-refractivity contribution in [2.75, 3.05) is 18.5 Å². The number of ether oxygens (including phenoxy) is 1. The molecule has 0 spiro atoms. The summed E-state index contributed by atoms with van der Waals surface area (Å²) in [5, 5.41) is 14.6. The lowest BCUT2D eigenvalue weighted by Crippen LogP contribution is -2.45. The van der Waals surface area contributed by atoms with E-state index in [9.17, 15) is 19.5 Å². The second kappa shape index (κ2) is 10.0. The Morgan fingerprint density at radius 1 is 1.21 bits per heavy atom. The standard InChI is InChI=1S/C18H17Cl2N3O5/c1-10-12(19)7-21-16(15(10)20)23-14(25)9-28-18(27)13(8-24)22-17(26)11-5-3-2-4-6-11/h2-7,13,24H,8-9H2,1H3,(H,22,26)(H,21,23,25). The van der Waals surface area contributed by atoms with Crippen LogP contribution in [-0.4, -0.2) is 47.1 Å². The minimum Gasteiger partial charge on any atom is -0.454 e. The molecule has 1 heterocycles. The van der Waals surface area contributed by atoms with Gasteiger partial charge in [-0.3, -0.25) is 9.59 Å².